The Bertz CT molecular complexity index is 530. The van der Waals surface area contributed by atoms with Gasteiger partial charge in [0.15, 0.2) is 5.96 Å². The number of guanidine groups is 1. The maximum Gasteiger partial charge on any atom is 0.193 e. The van der Waals surface area contributed by atoms with E-state index in [-0.39, 0.29) is 24.0 Å². The number of hydrogen-bond acceptors (Lipinski definition) is 2. The summed E-state index contributed by atoms with van der Waals surface area (Å²) in [6.07, 6.45) is 12.6. The lowest BCUT2D eigenvalue weighted by molar-refractivity contribution is 0.187. The van der Waals surface area contributed by atoms with Gasteiger partial charge in [-0.2, -0.15) is 0 Å². The normalized spacial score (nSPS) is 30.7. The molecule has 0 radical (unpaired) electrons. The van der Waals surface area contributed by atoms with Crippen molar-refractivity contribution < 1.29 is 0 Å². The number of halogens is 1. The van der Waals surface area contributed by atoms with E-state index in [1.807, 2.05) is 19.6 Å². The van der Waals surface area contributed by atoms with Crippen LogP contribution in [0.4, 0.5) is 0 Å². The molecule has 3 rings (SSSR count). The molecule has 6 heteroatoms. The third-order valence-corrected chi connectivity index (χ3v) is 5.93. The summed E-state index contributed by atoms with van der Waals surface area (Å²) in [4.78, 5) is 11.2. The molecule has 0 bridgehead atoms. The number of imidazole rings is 1. The lowest BCUT2D eigenvalue weighted by Crippen LogP contribution is -2.49. The van der Waals surface area contributed by atoms with E-state index in [1.165, 1.54) is 32.1 Å². The van der Waals surface area contributed by atoms with Crippen LogP contribution in [0.1, 0.15) is 52.0 Å². The molecule has 0 amide bonds. The molecule has 2 aliphatic rings. The van der Waals surface area contributed by atoms with Gasteiger partial charge in [0.2, 0.25) is 0 Å². The van der Waals surface area contributed by atoms with E-state index < -0.39 is 0 Å². The zero-order valence-electron chi connectivity index (χ0n) is 15.9. The summed E-state index contributed by atoms with van der Waals surface area (Å²) in [5, 5.41) is 3.66. The Morgan fingerprint density at radius 3 is 2.80 bits per heavy atom. The molecule has 25 heavy (non-hydrogen) atoms. The van der Waals surface area contributed by atoms with Gasteiger partial charge in [0.1, 0.15) is 0 Å². The standard InChI is InChI=1S/C19H33N5.HI/c1-15-5-4-6-17(11-15)12-22-19(20-3)23-9-7-16(2)18(13-23)24-10-8-21-14-24;/h8,10,14-18H,4-7,9,11-13H2,1-3H3,(H,20,22);1H. The summed E-state index contributed by atoms with van der Waals surface area (Å²) in [5.41, 5.74) is 0. The van der Waals surface area contributed by atoms with Crippen LogP contribution in [-0.2, 0) is 0 Å². The second-order valence-electron chi connectivity index (χ2n) is 7.86. The van der Waals surface area contributed by atoms with E-state index in [4.69, 9.17) is 0 Å². The van der Waals surface area contributed by atoms with Crippen LogP contribution in [0.25, 0.3) is 0 Å². The van der Waals surface area contributed by atoms with Crippen molar-refractivity contribution in [1.29, 1.82) is 0 Å². The first-order valence-electron chi connectivity index (χ1n) is 9.60. The molecular formula is C19H34IN5. The van der Waals surface area contributed by atoms with Crippen LogP contribution in [-0.4, -0.2) is 47.1 Å². The molecule has 1 N–H and O–H groups in total. The van der Waals surface area contributed by atoms with Crippen molar-refractivity contribution in [2.24, 2.45) is 22.7 Å². The number of rotatable bonds is 3. The van der Waals surface area contributed by atoms with Crippen LogP contribution < -0.4 is 5.32 Å². The van der Waals surface area contributed by atoms with Gasteiger partial charge in [-0.15, -0.1) is 24.0 Å². The van der Waals surface area contributed by atoms with E-state index in [9.17, 15) is 0 Å². The predicted octanol–water partition coefficient (Wildman–Crippen LogP) is 3.79. The maximum absolute atomic E-state index is 4.56. The first-order valence-corrected chi connectivity index (χ1v) is 9.60. The molecule has 5 nitrogen and oxygen atoms in total. The fraction of sp³-hybridized carbons (Fsp3) is 0.789. The first kappa shape index (κ1) is 20.5. The minimum atomic E-state index is 0. The fourth-order valence-corrected chi connectivity index (χ4v) is 4.41. The lowest BCUT2D eigenvalue weighted by Gasteiger charge is -2.39. The van der Waals surface area contributed by atoms with Gasteiger partial charge in [-0.05, 0) is 37.0 Å². The molecule has 0 spiro atoms. The molecule has 2 heterocycles. The molecule has 142 valence electrons. The van der Waals surface area contributed by atoms with E-state index >= 15 is 0 Å². The van der Waals surface area contributed by atoms with E-state index in [1.54, 1.807) is 0 Å². The summed E-state index contributed by atoms with van der Waals surface area (Å²) in [6.45, 7) is 7.91. The van der Waals surface area contributed by atoms with Gasteiger partial charge in [0.05, 0.1) is 12.4 Å². The number of piperidine rings is 1. The van der Waals surface area contributed by atoms with Crippen molar-refractivity contribution >= 4 is 29.9 Å². The Balaban J connectivity index is 0.00000225. The van der Waals surface area contributed by atoms with Gasteiger partial charge in [-0.25, -0.2) is 4.98 Å². The lowest BCUT2D eigenvalue weighted by atomic mass is 9.82. The zero-order valence-corrected chi connectivity index (χ0v) is 18.2. The van der Waals surface area contributed by atoms with Crippen LogP contribution >= 0.6 is 24.0 Å². The van der Waals surface area contributed by atoms with E-state index in [0.717, 1.165) is 37.4 Å². The third-order valence-electron chi connectivity index (χ3n) is 5.93. The number of nitrogens with zero attached hydrogens (tertiary/aromatic N) is 4. The number of aromatic nitrogens is 2. The van der Waals surface area contributed by atoms with Crippen molar-refractivity contribution in [3.05, 3.63) is 18.7 Å². The smallest absolute Gasteiger partial charge is 0.193 e. The summed E-state index contributed by atoms with van der Waals surface area (Å²) >= 11 is 0. The predicted molar refractivity (Wildman–Crippen MR) is 115 cm³/mol. The fourth-order valence-electron chi connectivity index (χ4n) is 4.41. The Morgan fingerprint density at radius 1 is 1.28 bits per heavy atom. The Kier molecular flexibility index (Phi) is 8.03. The molecule has 1 saturated carbocycles. The quantitative estimate of drug-likeness (QED) is 0.425. The van der Waals surface area contributed by atoms with Crippen LogP contribution in [0.3, 0.4) is 0 Å². The van der Waals surface area contributed by atoms with Crippen LogP contribution in [0.5, 0.6) is 0 Å². The average molecular weight is 459 g/mol. The second kappa shape index (κ2) is 9.78. The molecule has 1 aliphatic carbocycles. The van der Waals surface area contributed by atoms with Crippen molar-refractivity contribution in [2.75, 3.05) is 26.7 Å². The maximum atomic E-state index is 4.56. The van der Waals surface area contributed by atoms with E-state index in [2.05, 4.69) is 44.8 Å². The number of likely N-dealkylation sites (tertiary alicyclic amines) is 1. The highest BCUT2D eigenvalue weighted by Gasteiger charge is 2.29. The van der Waals surface area contributed by atoms with E-state index in [0.29, 0.717) is 12.0 Å². The molecule has 4 atom stereocenters. The van der Waals surface area contributed by atoms with Crippen molar-refractivity contribution in [1.82, 2.24) is 19.8 Å². The van der Waals surface area contributed by atoms with Crippen molar-refractivity contribution in [2.45, 2.75) is 52.0 Å². The largest absolute Gasteiger partial charge is 0.356 e. The van der Waals surface area contributed by atoms with Crippen LogP contribution in [0, 0.1) is 17.8 Å². The SMILES string of the molecule is CN=C(NCC1CCCC(C)C1)N1CCC(C)C(n2ccnc2)C1.I. The van der Waals surface area contributed by atoms with Crippen LogP contribution in [0.2, 0.25) is 0 Å². The van der Waals surface area contributed by atoms with Gasteiger partial charge < -0.3 is 14.8 Å². The summed E-state index contributed by atoms with van der Waals surface area (Å²) in [6, 6.07) is 0.481. The highest BCUT2D eigenvalue weighted by molar-refractivity contribution is 14.0. The minimum absolute atomic E-state index is 0. The van der Waals surface area contributed by atoms with Crippen molar-refractivity contribution in [3.63, 3.8) is 0 Å². The molecule has 1 aromatic heterocycles. The van der Waals surface area contributed by atoms with Gasteiger partial charge in [-0.3, -0.25) is 4.99 Å². The zero-order chi connectivity index (χ0) is 16.9. The molecule has 1 aliphatic heterocycles. The first-order chi connectivity index (χ1) is 11.7. The number of nitrogens with one attached hydrogen (secondary N) is 1. The Labute approximate surface area is 169 Å². The van der Waals surface area contributed by atoms with Gasteiger partial charge in [0, 0.05) is 39.1 Å². The Morgan fingerprint density at radius 2 is 2.12 bits per heavy atom. The second-order valence-corrected chi connectivity index (χ2v) is 7.86. The van der Waals surface area contributed by atoms with Crippen molar-refractivity contribution in [3.8, 4) is 0 Å². The topological polar surface area (TPSA) is 45.5 Å². The molecule has 4 unspecified atom stereocenters. The highest BCUT2D eigenvalue weighted by Crippen LogP contribution is 2.29. The molecular weight excluding hydrogens is 425 g/mol. The minimum Gasteiger partial charge on any atom is -0.356 e. The van der Waals surface area contributed by atoms with Crippen LogP contribution in [0.15, 0.2) is 23.7 Å². The Hall–Kier alpha value is -0.790. The number of aliphatic imine (C=N–C) groups is 1. The molecule has 2 fully saturated rings. The van der Waals surface area contributed by atoms with Gasteiger partial charge in [-0.1, -0.05) is 26.7 Å². The molecule has 1 saturated heterocycles. The average Bonchev–Trinajstić information content (AvgIpc) is 3.11. The highest BCUT2D eigenvalue weighted by atomic mass is 127. The molecule has 0 aromatic carbocycles. The van der Waals surface area contributed by atoms with Gasteiger partial charge >= 0.3 is 0 Å². The molecule has 1 aromatic rings. The summed E-state index contributed by atoms with van der Waals surface area (Å²) < 4.78 is 2.26. The monoisotopic (exact) mass is 459 g/mol. The number of hydrogen-bond donors (Lipinski definition) is 1. The summed E-state index contributed by atoms with van der Waals surface area (Å²) in [5.74, 6) is 3.44. The third kappa shape index (κ3) is 5.34. The summed E-state index contributed by atoms with van der Waals surface area (Å²) in [7, 11) is 1.91. The van der Waals surface area contributed by atoms with Gasteiger partial charge in [0.25, 0.3) is 0 Å².